The van der Waals surface area contributed by atoms with Crippen molar-refractivity contribution >= 4 is 19.7 Å². The number of hydrogen-bond donors (Lipinski definition) is 2. The molecule has 0 aliphatic heterocycles. The van der Waals surface area contributed by atoms with Crippen LogP contribution in [-0.4, -0.2) is 74.3 Å². The number of phosphoric acid groups is 1. The molecule has 0 rings (SSSR count). The van der Waals surface area contributed by atoms with Crippen molar-refractivity contribution in [1.29, 1.82) is 0 Å². The minimum absolute atomic E-state index is 0.0161. The quantitative estimate of drug-likeness (QED) is 0.0205. The second kappa shape index (κ2) is 57.1. The zero-order chi connectivity index (χ0) is 57.9. The molecule has 10 heteroatoms. The summed E-state index contributed by atoms with van der Waals surface area (Å²) in [5.74, 6) is -0.631. The van der Waals surface area contributed by atoms with Gasteiger partial charge in [0.1, 0.15) is 19.3 Å². The molecule has 3 atom stereocenters. The van der Waals surface area contributed by atoms with E-state index in [-0.39, 0.29) is 37.9 Å². The van der Waals surface area contributed by atoms with E-state index >= 15 is 0 Å². The molecule has 2 N–H and O–H groups in total. The number of nitrogens with one attached hydrogen (secondary N) is 1. The fraction of sp³-hybridized carbons (Fsp3) is 0.623. The Morgan fingerprint density at radius 2 is 0.823 bits per heavy atom. The molecule has 0 spiro atoms. The minimum atomic E-state index is -4.48. The van der Waals surface area contributed by atoms with Crippen LogP contribution in [-0.2, 0) is 27.9 Å². The summed E-state index contributed by atoms with van der Waals surface area (Å²) >= 11 is 0. The van der Waals surface area contributed by atoms with Crippen LogP contribution in [0.4, 0.5) is 0 Å². The lowest BCUT2D eigenvalue weighted by Gasteiger charge is -2.27. The molecule has 448 valence electrons. The molecule has 0 aliphatic carbocycles. The number of ether oxygens (including phenoxy) is 1. The second-order valence-corrected chi connectivity index (χ2v) is 22.9. The maximum atomic E-state index is 13.5. The SMILES string of the molecule is CC/C=C\C/C=C\C/C=C\C/C=C\C/C=C\C/C=C\CCCCCCCCC(=O)OC(/C=C\CCCCCCCCCCCC)C(COP(=O)(O)OCC[N+](C)(C)C)NC(=O)CC/C=C/C/C=C/C/C=C/C/C=C/C/C=C/CC. The van der Waals surface area contributed by atoms with Gasteiger partial charge in [-0.1, -0.05) is 244 Å². The number of nitrogens with zero attached hydrogens (tertiary/aromatic N) is 1. The van der Waals surface area contributed by atoms with Crippen LogP contribution in [0.15, 0.2) is 146 Å². The number of phosphoric ester groups is 1. The molecular weight excluding hydrogens is 1000 g/mol. The molecule has 0 saturated heterocycles. The molecule has 0 aromatic carbocycles. The summed E-state index contributed by atoms with van der Waals surface area (Å²) in [6, 6.07) is -0.905. The summed E-state index contributed by atoms with van der Waals surface area (Å²) in [5, 5.41) is 3.00. The van der Waals surface area contributed by atoms with Crippen LogP contribution in [0, 0.1) is 0 Å². The van der Waals surface area contributed by atoms with Crippen LogP contribution in [0.2, 0.25) is 0 Å². The number of allylic oxidation sites excluding steroid dienone is 23. The largest absolute Gasteiger partial charge is 0.472 e. The smallest absolute Gasteiger partial charge is 0.456 e. The Hall–Kier alpha value is -4.11. The number of carbonyl (C=O) groups excluding carboxylic acids is 2. The number of esters is 1. The lowest BCUT2D eigenvalue weighted by atomic mass is 10.1. The number of quaternary nitrogens is 1. The fourth-order valence-electron chi connectivity index (χ4n) is 8.05. The summed E-state index contributed by atoms with van der Waals surface area (Å²) < 4.78 is 30.6. The van der Waals surface area contributed by atoms with Crippen molar-refractivity contribution in [3.63, 3.8) is 0 Å². The predicted molar refractivity (Wildman–Crippen MR) is 341 cm³/mol. The van der Waals surface area contributed by atoms with E-state index < -0.39 is 20.0 Å². The van der Waals surface area contributed by atoms with Gasteiger partial charge in [-0.2, -0.15) is 0 Å². The molecule has 0 heterocycles. The normalized spacial score (nSPS) is 14.7. The fourth-order valence-corrected chi connectivity index (χ4v) is 8.78. The van der Waals surface area contributed by atoms with E-state index in [1.807, 2.05) is 45.4 Å². The van der Waals surface area contributed by atoms with Gasteiger partial charge in [-0.15, -0.1) is 0 Å². The average Bonchev–Trinajstić information content (AvgIpc) is 3.41. The van der Waals surface area contributed by atoms with Gasteiger partial charge in [-0.3, -0.25) is 18.6 Å². The summed E-state index contributed by atoms with van der Waals surface area (Å²) in [4.78, 5) is 37.7. The van der Waals surface area contributed by atoms with Gasteiger partial charge in [0.15, 0.2) is 0 Å². The Morgan fingerprint density at radius 3 is 1.24 bits per heavy atom. The van der Waals surface area contributed by atoms with Crippen molar-refractivity contribution in [3.05, 3.63) is 146 Å². The summed E-state index contributed by atoms with van der Waals surface area (Å²) in [6.07, 6.45) is 83.0. The number of amides is 1. The zero-order valence-corrected chi connectivity index (χ0v) is 51.9. The van der Waals surface area contributed by atoms with Gasteiger partial charge < -0.3 is 19.4 Å². The first-order valence-corrected chi connectivity index (χ1v) is 32.7. The third-order valence-electron chi connectivity index (χ3n) is 12.8. The van der Waals surface area contributed by atoms with Crippen molar-refractivity contribution in [2.24, 2.45) is 0 Å². The third-order valence-corrected chi connectivity index (χ3v) is 13.8. The molecule has 0 aromatic heterocycles. The Bertz CT molecular complexity index is 1860. The van der Waals surface area contributed by atoms with E-state index in [0.29, 0.717) is 23.9 Å². The van der Waals surface area contributed by atoms with Crippen LogP contribution in [0.5, 0.6) is 0 Å². The molecule has 0 fully saturated rings. The van der Waals surface area contributed by atoms with Crippen molar-refractivity contribution in [1.82, 2.24) is 5.32 Å². The first kappa shape index (κ1) is 74.9. The molecule has 0 aromatic rings. The van der Waals surface area contributed by atoms with E-state index in [1.54, 1.807) is 0 Å². The van der Waals surface area contributed by atoms with Crippen molar-refractivity contribution in [2.75, 3.05) is 40.9 Å². The van der Waals surface area contributed by atoms with Gasteiger partial charge in [0, 0.05) is 12.8 Å². The summed E-state index contributed by atoms with van der Waals surface area (Å²) in [7, 11) is 1.42. The molecule has 9 nitrogen and oxygen atoms in total. The van der Waals surface area contributed by atoms with Crippen molar-refractivity contribution < 1.29 is 37.3 Å². The molecule has 0 bridgehead atoms. The first-order valence-electron chi connectivity index (χ1n) is 31.2. The van der Waals surface area contributed by atoms with E-state index in [4.69, 9.17) is 13.8 Å². The van der Waals surface area contributed by atoms with E-state index in [9.17, 15) is 19.0 Å². The number of likely N-dealkylation sites (N-methyl/N-ethyl adjacent to an activating group) is 1. The van der Waals surface area contributed by atoms with Crippen LogP contribution < -0.4 is 5.32 Å². The topological polar surface area (TPSA) is 111 Å². The maximum absolute atomic E-state index is 13.5. The van der Waals surface area contributed by atoms with Gasteiger partial charge >= 0.3 is 13.8 Å². The first-order chi connectivity index (χ1) is 38.4. The summed E-state index contributed by atoms with van der Waals surface area (Å²) in [5.41, 5.74) is 0. The molecule has 79 heavy (non-hydrogen) atoms. The number of rotatable bonds is 54. The van der Waals surface area contributed by atoms with Crippen molar-refractivity contribution in [3.8, 4) is 0 Å². The Morgan fingerprint density at radius 1 is 0.456 bits per heavy atom. The highest BCUT2D eigenvalue weighted by molar-refractivity contribution is 7.47. The van der Waals surface area contributed by atoms with Gasteiger partial charge in [0.25, 0.3) is 0 Å². The average molecular weight is 1120 g/mol. The highest BCUT2D eigenvalue weighted by Gasteiger charge is 2.30. The molecular formula is C69H116N2O7P+. The number of unbranched alkanes of at least 4 members (excludes halogenated alkanes) is 16. The lowest BCUT2D eigenvalue weighted by Crippen LogP contribution is -2.47. The monoisotopic (exact) mass is 1120 g/mol. The minimum Gasteiger partial charge on any atom is -0.456 e. The Labute approximate surface area is 485 Å². The van der Waals surface area contributed by atoms with Crippen LogP contribution in [0.3, 0.4) is 0 Å². The molecule has 0 saturated carbocycles. The zero-order valence-electron chi connectivity index (χ0n) is 51.1. The predicted octanol–water partition coefficient (Wildman–Crippen LogP) is 19.4. The Kier molecular flexibility index (Phi) is 54.2. The standard InChI is InChI=1S/C69H115N2O7P/c1-7-10-13-16-19-22-25-28-30-32-33-34-35-36-37-38-39-40-42-44-47-50-53-56-59-62-69(73)78-67(60-57-54-51-48-45-27-24-21-18-15-12-9-3)66(65-77-79(74,75)76-64-63-71(4,5)6)70-68(72)61-58-55-52-49-46-43-41-31-29-26-23-20-17-14-11-8-2/h10-11,13-14,19-20,22-23,28-31,33-34,36-37,39-40,43,46,52,55,57,60,66-67H,7-9,12,15-18,21,24-27,32,35,38,41-42,44-45,47-51,53-54,56,58-59,61-65H2,1-6H3,(H-,70,72,74,75)/p+1/b13-10-,14-11+,22-19-,23-20+,30-28-,31-29+,34-33-,37-36-,40-39-,46-43+,55-52+,60-57-. The van der Waals surface area contributed by atoms with E-state index in [2.05, 4.69) is 148 Å². The highest BCUT2D eigenvalue weighted by atomic mass is 31.2. The molecule has 0 aliphatic rings. The van der Waals surface area contributed by atoms with Crippen molar-refractivity contribution in [2.45, 2.75) is 238 Å². The van der Waals surface area contributed by atoms with Gasteiger partial charge in [0.05, 0.1) is 33.8 Å². The molecule has 0 radical (unpaired) electrons. The third kappa shape index (κ3) is 58.4. The maximum Gasteiger partial charge on any atom is 0.472 e. The molecule has 1 amide bonds. The number of carbonyl (C=O) groups is 2. The van der Waals surface area contributed by atoms with Gasteiger partial charge in [0.2, 0.25) is 5.91 Å². The van der Waals surface area contributed by atoms with Gasteiger partial charge in [-0.25, -0.2) is 4.57 Å². The van der Waals surface area contributed by atoms with Crippen LogP contribution >= 0.6 is 7.82 Å². The van der Waals surface area contributed by atoms with Gasteiger partial charge in [-0.05, 0) is 115 Å². The van der Waals surface area contributed by atoms with Crippen LogP contribution in [0.1, 0.15) is 226 Å². The lowest BCUT2D eigenvalue weighted by molar-refractivity contribution is -0.870. The van der Waals surface area contributed by atoms with Crippen LogP contribution in [0.25, 0.3) is 0 Å². The molecule has 3 unspecified atom stereocenters. The summed E-state index contributed by atoms with van der Waals surface area (Å²) in [6.45, 7) is 6.69. The Balaban J connectivity index is 5.33. The highest BCUT2D eigenvalue weighted by Crippen LogP contribution is 2.43. The number of hydrogen-bond acceptors (Lipinski definition) is 6. The van der Waals surface area contributed by atoms with E-state index in [1.165, 1.54) is 51.4 Å². The van der Waals surface area contributed by atoms with E-state index in [0.717, 1.165) is 128 Å². The second-order valence-electron chi connectivity index (χ2n) is 21.5.